The van der Waals surface area contributed by atoms with Crippen LogP contribution in [0.1, 0.15) is 39.2 Å². The smallest absolute Gasteiger partial charge is 0.241 e. The number of likely N-dealkylation sites (tertiary alicyclic amines) is 1. The normalized spacial score (nSPS) is 24.6. The molecule has 3 atom stereocenters. The van der Waals surface area contributed by atoms with E-state index in [0.29, 0.717) is 6.04 Å². The fourth-order valence-electron chi connectivity index (χ4n) is 3.22. The lowest BCUT2D eigenvalue weighted by Gasteiger charge is -2.39. The lowest BCUT2D eigenvalue weighted by atomic mass is 9.92. The van der Waals surface area contributed by atoms with E-state index in [1.807, 2.05) is 32.0 Å². The lowest BCUT2D eigenvalue weighted by molar-refractivity contribution is -0.122. The minimum absolute atomic E-state index is 0.0595. The van der Waals surface area contributed by atoms with E-state index < -0.39 is 0 Å². The number of nitrogens with one attached hydrogen (secondary N) is 1. The average molecular weight is 289 g/mol. The molecule has 1 aromatic carbocycles. The standard InChI is InChI=1S/C17H27N3O/c1-11-7-8-20(13(3)9-11)14(4)17(21)19-16-6-5-15(18)10-12(16)2/h5-6,10-11,13-14H,7-9,18H2,1-4H3,(H,19,21). The zero-order valence-electron chi connectivity index (χ0n) is 13.5. The van der Waals surface area contributed by atoms with Gasteiger partial charge >= 0.3 is 0 Å². The monoisotopic (exact) mass is 289 g/mol. The zero-order chi connectivity index (χ0) is 15.6. The highest BCUT2D eigenvalue weighted by molar-refractivity contribution is 5.95. The van der Waals surface area contributed by atoms with Crippen molar-refractivity contribution < 1.29 is 4.79 Å². The van der Waals surface area contributed by atoms with Gasteiger partial charge in [-0.15, -0.1) is 0 Å². The van der Waals surface area contributed by atoms with Gasteiger partial charge in [-0.25, -0.2) is 0 Å². The third-order valence-corrected chi connectivity index (χ3v) is 4.57. The molecule has 1 heterocycles. The quantitative estimate of drug-likeness (QED) is 0.841. The number of benzene rings is 1. The van der Waals surface area contributed by atoms with Gasteiger partial charge in [0.2, 0.25) is 5.91 Å². The summed E-state index contributed by atoms with van der Waals surface area (Å²) in [5.74, 6) is 0.815. The molecule has 0 radical (unpaired) electrons. The number of amides is 1. The Labute approximate surface area is 127 Å². The molecule has 0 spiro atoms. The summed E-state index contributed by atoms with van der Waals surface area (Å²) < 4.78 is 0. The predicted molar refractivity (Wildman–Crippen MR) is 88.2 cm³/mol. The molecule has 1 aromatic rings. The molecule has 2 rings (SSSR count). The van der Waals surface area contributed by atoms with Crippen LogP contribution in [0.15, 0.2) is 18.2 Å². The van der Waals surface area contributed by atoms with Crippen molar-refractivity contribution in [3.8, 4) is 0 Å². The van der Waals surface area contributed by atoms with Crippen molar-refractivity contribution in [2.45, 2.75) is 52.6 Å². The fourth-order valence-corrected chi connectivity index (χ4v) is 3.22. The van der Waals surface area contributed by atoms with E-state index in [0.717, 1.165) is 29.4 Å². The van der Waals surface area contributed by atoms with Crippen LogP contribution in [-0.4, -0.2) is 29.4 Å². The van der Waals surface area contributed by atoms with E-state index in [9.17, 15) is 4.79 Å². The number of carbonyl (C=O) groups is 1. The highest BCUT2D eigenvalue weighted by atomic mass is 16.2. The number of carbonyl (C=O) groups excluding carboxylic acids is 1. The molecule has 0 aliphatic carbocycles. The number of nitrogen functional groups attached to an aromatic ring is 1. The first-order valence-electron chi connectivity index (χ1n) is 7.81. The predicted octanol–water partition coefficient (Wildman–Crippen LogP) is 3.02. The second-order valence-electron chi connectivity index (χ2n) is 6.46. The van der Waals surface area contributed by atoms with Crippen LogP contribution in [0.3, 0.4) is 0 Å². The van der Waals surface area contributed by atoms with E-state index in [1.165, 1.54) is 12.8 Å². The number of nitrogens with two attached hydrogens (primary N) is 1. The summed E-state index contributed by atoms with van der Waals surface area (Å²) in [7, 11) is 0. The summed E-state index contributed by atoms with van der Waals surface area (Å²) in [5, 5.41) is 3.03. The Balaban J connectivity index is 2.02. The van der Waals surface area contributed by atoms with Gasteiger partial charge in [-0.3, -0.25) is 9.69 Å². The SMILES string of the molecule is Cc1cc(N)ccc1NC(=O)C(C)N1CCC(C)CC1C. The topological polar surface area (TPSA) is 58.4 Å². The Hall–Kier alpha value is -1.55. The first-order chi connectivity index (χ1) is 9.88. The molecular formula is C17H27N3O. The Bertz CT molecular complexity index is 515. The van der Waals surface area contributed by atoms with Crippen LogP contribution >= 0.6 is 0 Å². The number of aryl methyl sites for hydroxylation is 1. The molecule has 4 heteroatoms. The summed E-state index contributed by atoms with van der Waals surface area (Å²) >= 11 is 0. The Morgan fingerprint density at radius 3 is 2.76 bits per heavy atom. The molecule has 1 aliphatic heterocycles. The van der Waals surface area contributed by atoms with Crippen molar-refractivity contribution in [3.63, 3.8) is 0 Å². The molecule has 116 valence electrons. The number of piperidine rings is 1. The highest BCUT2D eigenvalue weighted by Gasteiger charge is 2.30. The molecule has 1 amide bonds. The van der Waals surface area contributed by atoms with Crippen molar-refractivity contribution in [3.05, 3.63) is 23.8 Å². The first kappa shape index (κ1) is 15.8. The Kier molecular flexibility index (Phi) is 4.88. The number of hydrogen-bond donors (Lipinski definition) is 2. The number of anilines is 2. The maximum Gasteiger partial charge on any atom is 0.241 e. The average Bonchev–Trinajstić information content (AvgIpc) is 2.41. The molecule has 4 nitrogen and oxygen atoms in total. The summed E-state index contributed by atoms with van der Waals surface area (Å²) in [6.07, 6.45) is 2.33. The fraction of sp³-hybridized carbons (Fsp3) is 0.588. The van der Waals surface area contributed by atoms with Crippen LogP contribution in [0.4, 0.5) is 11.4 Å². The zero-order valence-corrected chi connectivity index (χ0v) is 13.5. The van der Waals surface area contributed by atoms with Crippen LogP contribution in [0.25, 0.3) is 0 Å². The molecule has 21 heavy (non-hydrogen) atoms. The third kappa shape index (κ3) is 3.76. The van der Waals surface area contributed by atoms with E-state index in [-0.39, 0.29) is 11.9 Å². The molecule has 0 bridgehead atoms. The van der Waals surface area contributed by atoms with E-state index >= 15 is 0 Å². The van der Waals surface area contributed by atoms with Gasteiger partial charge in [-0.05, 0) is 69.8 Å². The van der Waals surface area contributed by atoms with Gasteiger partial charge in [-0.2, -0.15) is 0 Å². The van der Waals surface area contributed by atoms with Crippen LogP contribution in [0.5, 0.6) is 0 Å². The molecule has 0 aromatic heterocycles. The van der Waals surface area contributed by atoms with Crippen molar-refractivity contribution in [2.75, 3.05) is 17.6 Å². The lowest BCUT2D eigenvalue weighted by Crippen LogP contribution is -2.50. The Morgan fingerprint density at radius 2 is 2.14 bits per heavy atom. The van der Waals surface area contributed by atoms with Gasteiger partial charge in [0.15, 0.2) is 0 Å². The summed E-state index contributed by atoms with van der Waals surface area (Å²) in [5.41, 5.74) is 8.31. The summed E-state index contributed by atoms with van der Waals surface area (Å²) in [4.78, 5) is 14.8. The van der Waals surface area contributed by atoms with Gasteiger partial charge in [0.25, 0.3) is 0 Å². The van der Waals surface area contributed by atoms with Crippen molar-refractivity contribution in [1.29, 1.82) is 0 Å². The van der Waals surface area contributed by atoms with Gasteiger partial charge in [0, 0.05) is 17.4 Å². The van der Waals surface area contributed by atoms with Crippen molar-refractivity contribution in [1.82, 2.24) is 4.90 Å². The van der Waals surface area contributed by atoms with Crippen LogP contribution in [-0.2, 0) is 4.79 Å². The number of rotatable bonds is 3. The van der Waals surface area contributed by atoms with Gasteiger partial charge in [0.05, 0.1) is 6.04 Å². The van der Waals surface area contributed by atoms with Crippen molar-refractivity contribution >= 4 is 17.3 Å². The van der Waals surface area contributed by atoms with Gasteiger partial charge in [0.1, 0.15) is 0 Å². The first-order valence-corrected chi connectivity index (χ1v) is 7.81. The maximum atomic E-state index is 12.5. The molecule has 3 unspecified atom stereocenters. The molecule has 1 fully saturated rings. The Morgan fingerprint density at radius 1 is 1.43 bits per heavy atom. The minimum Gasteiger partial charge on any atom is -0.399 e. The minimum atomic E-state index is -0.107. The third-order valence-electron chi connectivity index (χ3n) is 4.57. The molecule has 3 N–H and O–H groups in total. The second-order valence-corrected chi connectivity index (χ2v) is 6.46. The van der Waals surface area contributed by atoms with Gasteiger partial charge < -0.3 is 11.1 Å². The van der Waals surface area contributed by atoms with Crippen LogP contribution < -0.4 is 11.1 Å². The number of nitrogens with zero attached hydrogens (tertiary/aromatic N) is 1. The highest BCUT2D eigenvalue weighted by Crippen LogP contribution is 2.25. The molecular weight excluding hydrogens is 262 g/mol. The largest absolute Gasteiger partial charge is 0.399 e. The van der Waals surface area contributed by atoms with E-state index in [1.54, 1.807) is 0 Å². The molecule has 0 saturated carbocycles. The summed E-state index contributed by atoms with van der Waals surface area (Å²) in [6.45, 7) is 9.46. The van der Waals surface area contributed by atoms with Crippen LogP contribution in [0, 0.1) is 12.8 Å². The maximum absolute atomic E-state index is 12.5. The molecule has 1 aliphatic rings. The van der Waals surface area contributed by atoms with Crippen molar-refractivity contribution in [2.24, 2.45) is 5.92 Å². The second kappa shape index (κ2) is 6.48. The van der Waals surface area contributed by atoms with Crippen LogP contribution in [0.2, 0.25) is 0 Å². The van der Waals surface area contributed by atoms with E-state index in [2.05, 4.69) is 24.1 Å². The number of hydrogen-bond acceptors (Lipinski definition) is 3. The summed E-state index contributed by atoms with van der Waals surface area (Å²) in [6, 6.07) is 5.92. The van der Waals surface area contributed by atoms with E-state index in [4.69, 9.17) is 5.73 Å². The molecule has 1 saturated heterocycles. The van der Waals surface area contributed by atoms with Gasteiger partial charge in [-0.1, -0.05) is 6.92 Å².